The van der Waals surface area contributed by atoms with E-state index in [0.29, 0.717) is 5.92 Å². The second-order valence-electron chi connectivity index (χ2n) is 4.42. The lowest BCUT2D eigenvalue weighted by atomic mass is 9.90. The Hall–Kier alpha value is -1.48. The molecule has 0 saturated carbocycles. The molecular weight excluding hydrogens is 200 g/mol. The zero-order valence-electron chi connectivity index (χ0n) is 9.07. The second kappa shape index (κ2) is 3.83. The number of benzene rings is 1. The summed E-state index contributed by atoms with van der Waals surface area (Å²) in [6.45, 7) is 2.12. The minimum absolute atomic E-state index is 0.119. The highest BCUT2D eigenvalue weighted by Gasteiger charge is 2.18. The number of nitrogens with zero attached hydrogens (tertiary/aromatic N) is 1. The Morgan fingerprint density at radius 1 is 1.38 bits per heavy atom. The van der Waals surface area contributed by atoms with Crippen molar-refractivity contribution >= 4 is 12.0 Å². The van der Waals surface area contributed by atoms with E-state index in [4.69, 9.17) is 0 Å². The van der Waals surface area contributed by atoms with Gasteiger partial charge in [0.05, 0.1) is 5.36 Å². The monoisotopic (exact) mass is 214 g/mol. The molecule has 3 nitrogen and oxygen atoms in total. The highest BCUT2D eigenvalue weighted by Crippen LogP contribution is 2.19. The fraction of sp³-hybridized carbons (Fsp3) is 0.385. The van der Waals surface area contributed by atoms with E-state index in [1.54, 1.807) is 6.08 Å². The van der Waals surface area contributed by atoms with Crippen molar-refractivity contribution in [2.75, 3.05) is 13.1 Å². The summed E-state index contributed by atoms with van der Waals surface area (Å²) in [4.78, 5) is 15.3. The third-order valence-electron chi connectivity index (χ3n) is 3.35. The van der Waals surface area contributed by atoms with Gasteiger partial charge in [0.2, 0.25) is 0 Å². The molecule has 2 aliphatic heterocycles. The van der Waals surface area contributed by atoms with Crippen LogP contribution in [-0.4, -0.2) is 19.0 Å². The van der Waals surface area contributed by atoms with Gasteiger partial charge in [0, 0.05) is 17.8 Å². The van der Waals surface area contributed by atoms with Crippen molar-refractivity contribution in [1.29, 1.82) is 0 Å². The van der Waals surface area contributed by atoms with Gasteiger partial charge in [0.25, 0.3) is 5.91 Å². The molecule has 3 heteroatoms. The van der Waals surface area contributed by atoms with Crippen molar-refractivity contribution < 1.29 is 4.79 Å². The number of rotatable bonds is 1. The summed E-state index contributed by atoms with van der Waals surface area (Å²) in [7, 11) is 0. The van der Waals surface area contributed by atoms with Gasteiger partial charge in [0.1, 0.15) is 0 Å². The minimum Gasteiger partial charge on any atom is -0.316 e. The van der Waals surface area contributed by atoms with E-state index < -0.39 is 0 Å². The molecule has 0 radical (unpaired) electrons. The van der Waals surface area contributed by atoms with Crippen molar-refractivity contribution in [3.8, 4) is 0 Å². The SMILES string of the molecule is O=C1C=c2c(C3CCCNC3)cccc2=N1. The number of hydrogen-bond donors (Lipinski definition) is 1. The second-order valence-corrected chi connectivity index (χ2v) is 4.42. The average Bonchev–Trinajstić information content (AvgIpc) is 2.70. The maximum absolute atomic E-state index is 11.3. The summed E-state index contributed by atoms with van der Waals surface area (Å²) in [5, 5.41) is 5.29. The van der Waals surface area contributed by atoms with Crippen LogP contribution in [0.1, 0.15) is 24.3 Å². The smallest absolute Gasteiger partial charge is 0.270 e. The van der Waals surface area contributed by atoms with E-state index in [9.17, 15) is 4.79 Å². The molecule has 1 aromatic carbocycles. The topological polar surface area (TPSA) is 41.5 Å². The number of amides is 1. The summed E-state index contributed by atoms with van der Waals surface area (Å²) in [5.41, 5.74) is 1.28. The van der Waals surface area contributed by atoms with Crippen LogP contribution in [0.2, 0.25) is 0 Å². The molecule has 1 unspecified atom stereocenters. The zero-order chi connectivity index (χ0) is 11.0. The van der Waals surface area contributed by atoms with Crippen LogP contribution < -0.4 is 15.9 Å². The molecule has 1 amide bonds. The summed E-state index contributed by atoms with van der Waals surface area (Å²) in [6, 6.07) is 6.04. The minimum atomic E-state index is -0.119. The van der Waals surface area contributed by atoms with Gasteiger partial charge in [-0.25, -0.2) is 4.99 Å². The number of fused-ring (bicyclic) bond motifs is 1. The first-order chi connectivity index (χ1) is 7.84. The van der Waals surface area contributed by atoms with E-state index in [-0.39, 0.29) is 5.91 Å². The first-order valence-electron chi connectivity index (χ1n) is 5.78. The van der Waals surface area contributed by atoms with Gasteiger partial charge in [0.15, 0.2) is 0 Å². The van der Waals surface area contributed by atoms with Crippen LogP contribution in [0.25, 0.3) is 6.08 Å². The lowest BCUT2D eigenvalue weighted by Crippen LogP contribution is -2.34. The predicted octanol–water partition coefficient (Wildman–Crippen LogP) is 0.0939. The molecule has 0 bridgehead atoms. The van der Waals surface area contributed by atoms with Crippen molar-refractivity contribution in [3.63, 3.8) is 0 Å². The molecule has 3 rings (SSSR count). The summed E-state index contributed by atoms with van der Waals surface area (Å²) in [5.74, 6) is 0.410. The van der Waals surface area contributed by atoms with Gasteiger partial charge < -0.3 is 5.32 Å². The van der Waals surface area contributed by atoms with Gasteiger partial charge >= 0.3 is 0 Å². The number of carbonyl (C=O) groups excluding carboxylic acids is 1. The maximum Gasteiger partial charge on any atom is 0.270 e. The number of carbonyl (C=O) groups is 1. The quantitative estimate of drug-likeness (QED) is 0.720. The first kappa shape index (κ1) is 9.73. The van der Waals surface area contributed by atoms with Gasteiger partial charge in [-0.1, -0.05) is 12.1 Å². The van der Waals surface area contributed by atoms with Crippen LogP contribution in [0.5, 0.6) is 0 Å². The van der Waals surface area contributed by atoms with Crippen LogP contribution in [0.15, 0.2) is 23.2 Å². The van der Waals surface area contributed by atoms with Crippen LogP contribution in [0, 0.1) is 0 Å². The van der Waals surface area contributed by atoms with Gasteiger partial charge in [-0.2, -0.15) is 0 Å². The van der Waals surface area contributed by atoms with Crippen molar-refractivity contribution in [2.24, 2.45) is 4.99 Å². The molecule has 1 saturated heterocycles. The van der Waals surface area contributed by atoms with Crippen LogP contribution >= 0.6 is 0 Å². The highest BCUT2D eigenvalue weighted by molar-refractivity contribution is 6.06. The third kappa shape index (κ3) is 1.57. The molecule has 1 fully saturated rings. The molecule has 1 N–H and O–H groups in total. The molecule has 82 valence electrons. The average molecular weight is 214 g/mol. The van der Waals surface area contributed by atoms with Crippen LogP contribution in [0.3, 0.4) is 0 Å². The molecular formula is C13H14N2O. The predicted molar refractivity (Wildman–Crippen MR) is 61.5 cm³/mol. The van der Waals surface area contributed by atoms with E-state index >= 15 is 0 Å². The van der Waals surface area contributed by atoms with E-state index in [0.717, 1.165) is 23.7 Å². The highest BCUT2D eigenvalue weighted by atomic mass is 16.1. The number of nitrogens with one attached hydrogen (secondary N) is 1. The van der Waals surface area contributed by atoms with Gasteiger partial charge in [-0.3, -0.25) is 4.79 Å². The Kier molecular flexibility index (Phi) is 2.33. The lowest BCUT2D eigenvalue weighted by molar-refractivity contribution is -0.112. The van der Waals surface area contributed by atoms with E-state index in [1.165, 1.54) is 18.4 Å². The summed E-state index contributed by atoms with van der Waals surface area (Å²) in [6.07, 6.45) is 4.07. The van der Waals surface area contributed by atoms with Crippen LogP contribution in [-0.2, 0) is 4.79 Å². The lowest BCUT2D eigenvalue weighted by Gasteiger charge is -2.23. The maximum atomic E-state index is 11.3. The normalized spacial score (nSPS) is 23.5. The third-order valence-corrected chi connectivity index (χ3v) is 3.35. The summed E-state index contributed by atoms with van der Waals surface area (Å²) >= 11 is 0. The van der Waals surface area contributed by atoms with E-state index in [2.05, 4.69) is 16.4 Å². The van der Waals surface area contributed by atoms with Crippen molar-refractivity contribution in [1.82, 2.24) is 5.32 Å². The largest absolute Gasteiger partial charge is 0.316 e. The molecule has 1 atom stereocenters. The van der Waals surface area contributed by atoms with Crippen molar-refractivity contribution in [3.05, 3.63) is 34.3 Å². The Labute approximate surface area is 93.9 Å². The molecule has 0 spiro atoms. The van der Waals surface area contributed by atoms with Crippen LogP contribution in [0.4, 0.5) is 0 Å². The molecule has 0 aliphatic carbocycles. The molecule has 16 heavy (non-hydrogen) atoms. The molecule has 2 aliphatic rings. The number of piperidine rings is 1. The Morgan fingerprint density at radius 2 is 2.31 bits per heavy atom. The van der Waals surface area contributed by atoms with Gasteiger partial charge in [-0.15, -0.1) is 0 Å². The van der Waals surface area contributed by atoms with Gasteiger partial charge in [-0.05, 0) is 36.9 Å². The molecule has 1 aromatic rings. The fourth-order valence-electron chi connectivity index (χ4n) is 2.57. The Bertz CT molecular complexity index is 542. The van der Waals surface area contributed by atoms with E-state index in [1.807, 2.05) is 12.1 Å². The zero-order valence-corrected chi connectivity index (χ0v) is 9.07. The summed E-state index contributed by atoms with van der Waals surface area (Å²) < 4.78 is 0. The van der Waals surface area contributed by atoms with Crippen molar-refractivity contribution in [2.45, 2.75) is 18.8 Å². The number of hydrogen-bond acceptors (Lipinski definition) is 2. The Morgan fingerprint density at radius 3 is 3.12 bits per heavy atom. The first-order valence-corrected chi connectivity index (χ1v) is 5.78. The fourth-order valence-corrected chi connectivity index (χ4v) is 2.57. The molecule has 0 aromatic heterocycles. The molecule has 2 heterocycles. The standard InChI is InChI=1S/C13H14N2O/c16-13-7-11-10(4-1-5-12(11)15-13)9-3-2-6-14-8-9/h1,4-5,7,9,14H,2-3,6,8H2. The Balaban J connectivity index is 2.10.